The molecule has 2 aromatic rings. The molecule has 23 heavy (non-hydrogen) atoms. The fourth-order valence-electron chi connectivity index (χ4n) is 2.66. The van der Waals surface area contributed by atoms with E-state index in [0.717, 1.165) is 5.56 Å². The predicted molar refractivity (Wildman–Crippen MR) is 86.5 cm³/mol. The molecule has 0 saturated carbocycles. The molecule has 1 fully saturated rings. The lowest BCUT2D eigenvalue weighted by Crippen LogP contribution is -2.44. The maximum absolute atomic E-state index is 12.7. The quantitative estimate of drug-likeness (QED) is 0.897. The number of benzene rings is 1. The first-order valence-corrected chi connectivity index (χ1v) is 7.70. The van der Waals surface area contributed by atoms with Crippen molar-refractivity contribution in [1.82, 2.24) is 14.9 Å². The summed E-state index contributed by atoms with van der Waals surface area (Å²) in [6, 6.07) is 6.91. The van der Waals surface area contributed by atoms with Crippen molar-refractivity contribution in [1.29, 1.82) is 0 Å². The number of H-pyrrole nitrogens is 1. The highest BCUT2D eigenvalue weighted by Crippen LogP contribution is 2.23. The van der Waals surface area contributed by atoms with E-state index < -0.39 is 6.10 Å². The van der Waals surface area contributed by atoms with Crippen LogP contribution in [0, 0.1) is 6.92 Å². The maximum atomic E-state index is 12.7. The summed E-state index contributed by atoms with van der Waals surface area (Å²) in [7, 11) is 1.65. The lowest BCUT2D eigenvalue weighted by molar-refractivity contribution is 0.0575. The number of aliphatic hydroxyl groups is 1. The Morgan fingerprint density at radius 2 is 2.26 bits per heavy atom. The number of aryl methyl sites for hydroxylation is 1. The van der Waals surface area contributed by atoms with Crippen LogP contribution < -0.4 is 0 Å². The highest BCUT2D eigenvalue weighted by atomic mass is 35.5. The van der Waals surface area contributed by atoms with Gasteiger partial charge in [0.2, 0.25) is 0 Å². The minimum Gasteiger partial charge on any atom is -0.388 e. The lowest BCUT2D eigenvalue weighted by atomic mass is 10.1. The number of imidazole rings is 1. The number of nitrogens with one attached hydrogen (secondary N) is 1. The molecule has 6 nitrogen and oxygen atoms in total. The molecule has 0 aliphatic carbocycles. The molecule has 1 aromatic carbocycles. The molecule has 1 aliphatic heterocycles. The Bertz CT molecular complexity index is 731. The molecule has 1 aromatic heterocycles. The first kappa shape index (κ1) is 16.0. The van der Waals surface area contributed by atoms with Gasteiger partial charge in [-0.25, -0.2) is 4.98 Å². The van der Waals surface area contributed by atoms with E-state index in [9.17, 15) is 9.90 Å². The van der Waals surface area contributed by atoms with E-state index in [1.807, 2.05) is 12.1 Å². The largest absolute Gasteiger partial charge is 0.388 e. The number of aliphatic hydroxyl groups excluding tert-OH is 1. The van der Waals surface area contributed by atoms with E-state index in [4.69, 9.17) is 16.3 Å². The van der Waals surface area contributed by atoms with Crippen LogP contribution in [-0.4, -0.2) is 58.3 Å². The van der Waals surface area contributed by atoms with E-state index in [-0.39, 0.29) is 18.6 Å². The number of aromatic nitrogens is 2. The van der Waals surface area contributed by atoms with Gasteiger partial charge in [0.05, 0.1) is 25.4 Å². The number of hydrogen-bond donors (Lipinski definition) is 2. The fourth-order valence-corrected chi connectivity index (χ4v) is 2.85. The highest BCUT2D eigenvalue weighted by molar-refractivity contribution is 6.30. The summed E-state index contributed by atoms with van der Waals surface area (Å²) >= 11 is 6.00. The number of aromatic amines is 1. The molecular weight excluding hydrogens is 318 g/mol. The van der Waals surface area contributed by atoms with Gasteiger partial charge in [-0.2, -0.15) is 0 Å². The Kier molecular flexibility index (Phi) is 4.39. The smallest absolute Gasteiger partial charge is 0.274 e. The molecule has 0 bridgehead atoms. The number of halogens is 1. The van der Waals surface area contributed by atoms with Crippen molar-refractivity contribution >= 4 is 17.5 Å². The third-order valence-corrected chi connectivity index (χ3v) is 4.26. The van der Waals surface area contributed by atoms with Crippen LogP contribution in [0.4, 0.5) is 0 Å². The molecule has 122 valence electrons. The van der Waals surface area contributed by atoms with E-state index in [0.29, 0.717) is 28.8 Å². The monoisotopic (exact) mass is 335 g/mol. The van der Waals surface area contributed by atoms with Gasteiger partial charge in [-0.05, 0) is 19.1 Å². The second-order valence-electron chi connectivity index (χ2n) is 5.66. The zero-order valence-corrected chi connectivity index (χ0v) is 13.7. The average molecular weight is 336 g/mol. The summed E-state index contributed by atoms with van der Waals surface area (Å²) in [4.78, 5) is 21.7. The van der Waals surface area contributed by atoms with Crippen molar-refractivity contribution in [2.75, 3.05) is 20.3 Å². The number of rotatable bonds is 3. The molecule has 0 spiro atoms. The topological polar surface area (TPSA) is 78.5 Å². The van der Waals surface area contributed by atoms with Gasteiger partial charge in [0, 0.05) is 23.3 Å². The van der Waals surface area contributed by atoms with Crippen LogP contribution in [0.5, 0.6) is 0 Å². The van der Waals surface area contributed by atoms with Crippen LogP contribution >= 0.6 is 11.6 Å². The van der Waals surface area contributed by atoms with E-state index in [1.165, 1.54) is 4.90 Å². The zero-order valence-electron chi connectivity index (χ0n) is 12.9. The van der Waals surface area contributed by atoms with Crippen LogP contribution in [0.3, 0.4) is 0 Å². The van der Waals surface area contributed by atoms with Crippen LogP contribution in [0.2, 0.25) is 5.02 Å². The van der Waals surface area contributed by atoms with Gasteiger partial charge >= 0.3 is 0 Å². The number of ether oxygens (including phenoxy) is 1. The summed E-state index contributed by atoms with van der Waals surface area (Å²) in [6.07, 6.45) is -0.671. The van der Waals surface area contributed by atoms with E-state index >= 15 is 0 Å². The third-order valence-electron chi connectivity index (χ3n) is 4.02. The molecule has 0 radical (unpaired) electrons. The molecule has 1 aliphatic rings. The molecule has 0 unspecified atom stereocenters. The van der Waals surface area contributed by atoms with Crippen molar-refractivity contribution in [3.63, 3.8) is 0 Å². The molecule has 1 amide bonds. The van der Waals surface area contributed by atoms with Gasteiger partial charge in [-0.15, -0.1) is 0 Å². The van der Waals surface area contributed by atoms with Crippen molar-refractivity contribution in [2.24, 2.45) is 0 Å². The van der Waals surface area contributed by atoms with Crippen molar-refractivity contribution in [2.45, 2.75) is 19.1 Å². The normalized spacial score (nSPS) is 20.7. The van der Waals surface area contributed by atoms with Crippen LogP contribution in [0.1, 0.15) is 16.2 Å². The predicted octanol–water partition coefficient (Wildman–Crippen LogP) is 1.87. The summed E-state index contributed by atoms with van der Waals surface area (Å²) in [5, 5.41) is 10.5. The molecule has 2 N–H and O–H groups in total. The average Bonchev–Trinajstić information content (AvgIpc) is 3.12. The SMILES string of the molecule is Cc1[nH]c(-c2cccc(Cl)c2)nc1C(=O)N(C)[C@@H]1COC[C@H]1O. The van der Waals surface area contributed by atoms with Gasteiger partial charge in [-0.1, -0.05) is 23.7 Å². The van der Waals surface area contributed by atoms with Crippen molar-refractivity contribution < 1.29 is 14.6 Å². The number of nitrogens with zero attached hydrogens (tertiary/aromatic N) is 2. The Morgan fingerprint density at radius 1 is 1.48 bits per heavy atom. The van der Waals surface area contributed by atoms with Gasteiger partial charge in [0.1, 0.15) is 11.5 Å². The fraction of sp³-hybridized carbons (Fsp3) is 0.375. The minimum absolute atomic E-state index is 0.246. The summed E-state index contributed by atoms with van der Waals surface area (Å²) < 4.78 is 5.21. The number of likely N-dealkylation sites (N-methyl/N-ethyl adjacent to an activating group) is 1. The van der Waals surface area contributed by atoms with E-state index in [1.54, 1.807) is 26.1 Å². The first-order chi connectivity index (χ1) is 11.0. The summed E-state index contributed by atoms with van der Waals surface area (Å²) in [5.41, 5.74) is 1.82. The summed E-state index contributed by atoms with van der Waals surface area (Å²) in [5.74, 6) is 0.339. The minimum atomic E-state index is -0.671. The second-order valence-corrected chi connectivity index (χ2v) is 6.09. The molecule has 2 heterocycles. The summed E-state index contributed by atoms with van der Waals surface area (Å²) in [6.45, 7) is 2.37. The van der Waals surface area contributed by atoms with Crippen LogP contribution in [0.15, 0.2) is 24.3 Å². The van der Waals surface area contributed by atoms with Gasteiger partial charge in [0.15, 0.2) is 0 Å². The first-order valence-electron chi connectivity index (χ1n) is 7.33. The number of amides is 1. The van der Waals surface area contributed by atoms with Gasteiger partial charge < -0.3 is 19.7 Å². The molecule has 2 atom stereocenters. The Hall–Kier alpha value is -1.89. The van der Waals surface area contributed by atoms with E-state index in [2.05, 4.69) is 9.97 Å². The number of carbonyl (C=O) groups excluding carboxylic acids is 1. The van der Waals surface area contributed by atoms with Crippen molar-refractivity contribution in [3.8, 4) is 11.4 Å². The van der Waals surface area contributed by atoms with Gasteiger partial charge in [0.25, 0.3) is 5.91 Å². The third kappa shape index (κ3) is 3.10. The molecule has 1 saturated heterocycles. The van der Waals surface area contributed by atoms with Crippen LogP contribution in [0.25, 0.3) is 11.4 Å². The standard InChI is InChI=1S/C16H18ClN3O3/c1-9-14(16(22)20(2)12-7-23-8-13(12)21)19-15(18-9)10-4-3-5-11(17)6-10/h3-6,12-13,21H,7-8H2,1-2H3,(H,18,19)/t12-,13-/m1/s1. The Balaban J connectivity index is 1.87. The number of carbonyl (C=O) groups is 1. The zero-order chi connectivity index (χ0) is 16.6. The Labute approximate surface area is 139 Å². The highest BCUT2D eigenvalue weighted by Gasteiger charge is 2.34. The second kappa shape index (κ2) is 6.31. The van der Waals surface area contributed by atoms with Gasteiger partial charge in [-0.3, -0.25) is 4.79 Å². The lowest BCUT2D eigenvalue weighted by Gasteiger charge is -2.25. The Morgan fingerprint density at radius 3 is 2.91 bits per heavy atom. The maximum Gasteiger partial charge on any atom is 0.274 e. The van der Waals surface area contributed by atoms with Crippen molar-refractivity contribution in [3.05, 3.63) is 40.7 Å². The van der Waals surface area contributed by atoms with Crippen LogP contribution in [-0.2, 0) is 4.74 Å². The molecule has 7 heteroatoms. The number of hydrogen-bond acceptors (Lipinski definition) is 4. The molecular formula is C16H18ClN3O3. The molecule has 3 rings (SSSR count).